The molecule has 1 saturated heterocycles. The molecule has 0 bridgehead atoms. The van der Waals surface area contributed by atoms with E-state index in [1.54, 1.807) is 23.5 Å². The molecule has 0 saturated carbocycles. The van der Waals surface area contributed by atoms with Crippen LogP contribution in [0.1, 0.15) is 12.8 Å². The third kappa shape index (κ3) is 3.75. The Hall–Kier alpha value is -1.95. The number of nitrogens with zero attached hydrogens (tertiary/aromatic N) is 2. The summed E-state index contributed by atoms with van der Waals surface area (Å²) in [5.74, 6) is -0.240. The van der Waals surface area contributed by atoms with Crippen molar-refractivity contribution in [3.8, 4) is 11.3 Å². The van der Waals surface area contributed by atoms with E-state index < -0.39 is 0 Å². The standard InChI is InChI=1S/C20H18ClFN2OS/c21-17-5-1-2-6-18(17)23-20-24(12-16-4-3-11-25-16)19(13-26-20)14-7-9-15(22)10-8-14/h1-2,5-10,13,16H,3-4,11-12H2. The molecule has 1 fully saturated rings. The van der Waals surface area contributed by atoms with Gasteiger partial charge < -0.3 is 9.30 Å². The van der Waals surface area contributed by atoms with Crippen LogP contribution in [-0.2, 0) is 11.3 Å². The van der Waals surface area contributed by atoms with Crippen molar-refractivity contribution in [3.05, 3.63) is 69.6 Å². The SMILES string of the molecule is Fc1ccc(-c2csc(=Nc3ccccc3Cl)n2CC2CCCO2)cc1. The molecule has 1 unspecified atom stereocenters. The normalized spacial score (nSPS) is 17.8. The first-order valence-corrected chi connectivity index (χ1v) is 9.81. The Morgan fingerprint density at radius 3 is 2.73 bits per heavy atom. The number of ether oxygens (including phenoxy) is 1. The van der Waals surface area contributed by atoms with Crippen molar-refractivity contribution in [2.75, 3.05) is 6.61 Å². The molecule has 6 heteroatoms. The van der Waals surface area contributed by atoms with E-state index in [4.69, 9.17) is 21.3 Å². The maximum absolute atomic E-state index is 13.3. The van der Waals surface area contributed by atoms with Crippen molar-refractivity contribution >= 4 is 28.6 Å². The first kappa shape index (κ1) is 17.5. The lowest BCUT2D eigenvalue weighted by molar-refractivity contribution is 0.0968. The van der Waals surface area contributed by atoms with Gasteiger partial charge in [-0.05, 0) is 54.8 Å². The molecule has 26 heavy (non-hydrogen) atoms. The second kappa shape index (κ2) is 7.74. The second-order valence-electron chi connectivity index (χ2n) is 6.22. The van der Waals surface area contributed by atoms with E-state index in [9.17, 15) is 4.39 Å². The van der Waals surface area contributed by atoms with Crippen molar-refractivity contribution in [2.24, 2.45) is 4.99 Å². The van der Waals surface area contributed by atoms with Crippen LogP contribution in [0.3, 0.4) is 0 Å². The molecule has 3 aromatic rings. The topological polar surface area (TPSA) is 26.5 Å². The summed E-state index contributed by atoms with van der Waals surface area (Å²) in [6, 6.07) is 14.1. The van der Waals surface area contributed by atoms with Gasteiger partial charge in [-0.2, -0.15) is 0 Å². The van der Waals surface area contributed by atoms with Crippen LogP contribution in [0.15, 0.2) is 58.9 Å². The lowest BCUT2D eigenvalue weighted by Gasteiger charge is -2.14. The fraction of sp³-hybridized carbons (Fsp3) is 0.250. The molecule has 3 nitrogen and oxygen atoms in total. The summed E-state index contributed by atoms with van der Waals surface area (Å²) in [5.41, 5.74) is 2.71. The highest BCUT2D eigenvalue weighted by atomic mass is 35.5. The lowest BCUT2D eigenvalue weighted by Crippen LogP contribution is -2.24. The van der Waals surface area contributed by atoms with Gasteiger partial charge in [0, 0.05) is 12.0 Å². The molecule has 0 radical (unpaired) electrons. The molecule has 134 valence electrons. The molecule has 0 aliphatic carbocycles. The number of benzene rings is 2. The molecule has 1 aliphatic rings. The van der Waals surface area contributed by atoms with Gasteiger partial charge in [0.1, 0.15) is 5.82 Å². The summed E-state index contributed by atoms with van der Waals surface area (Å²) < 4.78 is 21.3. The van der Waals surface area contributed by atoms with E-state index in [-0.39, 0.29) is 11.9 Å². The highest BCUT2D eigenvalue weighted by Gasteiger charge is 2.19. The number of halogens is 2. The van der Waals surface area contributed by atoms with Gasteiger partial charge in [-0.25, -0.2) is 9.38 Å². The zero-order valence-corrected chi connectivity index (χ0v) is 15.6. The maximum atomic E-state index is 13.3. The highest BCUT2D eigenvalue weighted by Crippen LogP contribution is 2.26. The summed E-state index contributed by atoms with van der Waals surface area (Å²) in [6.45, 7) is 1.53. The number of hydrogen-bond acceptors (Lipinski definition) is 3. The van der Waals surface area contributed by atoms with Crippen LogP contribution in [0.2, 0.25) is 5.02 Å². The molecule has 1 atom stereocenters. The minimum atomic E-state index is -0.240. The summed E-state index contributed by atoms with van der Waals surface area (Å²) >= 11 is 7.82. The Kier molecular flexibility index (Phi) is 5.20. The molecule has 2 aromatic carbocycles. The zero-order chi connectivity index (χ0) is 17.9. The number of para-hydroxylation sites is 1. The van der Waals surface area contributed by atoms with E-state index in [0.717, 1.165) is 47.7 Å². The first-order valence-electron chi connectivity index (χ1n) is 8.56. The molecule has 0 spiro atoms. The van der Waals surface area contributed by atoms with Crippen LogP contribution in [-0.4, -0.2) is 17.3 Å². The molecule has 0 amide bonds. The number of thiazole rings is 1. The summed E-state index contributed by atoms with van der Waals surface area (Å²) in [5, 5.41) is 2.67. The minimum Gasteiger partial charge on any atom is -0.376 e. The molecule has 1 aromatic heterocycles. The minimum absolute atomic E-state index is 0.175. The highest BCUT2D eigenvalue weighted by molar-refractivity contribution is 7.07. The van der Waals surface area contributed by atoms with Crippen LogP contribution < -0.4 is 4.80 Å². The fourth-order valence-electron chi connectivity index (χ4n) is 3.08. The van der Waals surface area contributed by atoms with Gasteiger partial charge >= 0.3 is 0 Å². The van der Waals surface area contributed by atoms with Gasteiger partial charge in [-0.1, -0.05) is 23.7 Å². The fourth-order valence-corrected chi connectivity index (χ4v) is 4.19. The molecular formula is C20H18ClFN2OS. The summed E-state index contributed by atoms with van der Waals surface area (Å²) in [6.07, 6.45) is 2.30. The average Bonchev–Trinajstić information content (AvgIpc) is 3.29. The average molecular weight is 389 g/mol. The van der Waals surface area contributed by atoms with Crippen molar-refractivity contribution in [2.45, 2.75) is 25.5 Å². The molecule has 2 heterocycles. The number of hydrogen-bond donors (Lipinski definition) is 0. The molecule has 1 aliphatic heterocycles. The lowest BCUT2D eigenvalue weighted by atomic mass is 10.1. The first-order chi connectivity index (χ1) is 12.7. The largest absolute Gasteiger partial charge is 0.376 e. The van der Waals surface area contributed by atoms with Crippen LogP contribution in [0, 0.1) is 5.82 Å². The Balaban J connectivity index is 1.81. The Morgan fingerprint density at radius 1 is 1.19 bits per heavy atom. The van der Waals surface area contributed by atoms with E-state index in [0.29, 0.717) is 5.02 Å². The summed E-state index contributed by atoms with van der Waals surface area (Å²) in [4.78, 5) is 5.62. The van der Waals surface area contributed by atoms with Crippen molar-refractivity contribution < 1.29 is 9.13 Å². The third-order valence-electron chi connectivity index (χ3n) is 4.42. The van der Waals surface area contributed by atoms with E-state index in [1.807, 2.05) is 24.3 Å². The quantitative estimate of drug-likeness (QED) is 0.586. The predicted octanol–water partition coefficient (Wildman–Crippen LogP) is 5.42. The third-order valence-corrected chi connectivity index (χ3v) is 5.60. The Morgan fingerprint density at radius 2 is 2.00 bits per heavy atom. The van der Waals surface area contributed by atoms with E-state index in [1.165, 1.54) is 12.1 Å². The van der Waals surface area contributed by atoms with Crippen molar-refractivity contribution in [3.63, 3.8) is 0 Å². The molecular weight excluding hydrogens is 371 g/mol. The van der Waals surface area contributed by atoms with Crippen LogP contribution >= 0.6 is 22.9 Å². The maximum Gasteiger partial charge on any atom is 0.190 e. The van der Waals surface area contributed by atoms with Crippen LogP contribution in [0.5, 0.6) is 0 Å². The second-order valence-corrected chi connectivity index (χ2v) is 7.46. The molecule has 4 rings (SSSR count). The number of aromatic nitrogens is 1. The van der Waals surface area contributed by atoms with Crippen molar-refractivity contribution in [1.29, 1.82) is 0 Å². The van der Waals surface area contributed by atoms with Gasteiger partial charge in [0.05, 0.1) is 29.1 Å². The Bertz CT molecular complexity index is 958. The van der Waals surface area contributed by atoms with E-state index in [2.05, 4.69) is 9.95 Å². The van der Waals surface area contributed by atoms with Crippen molar-refractivity contribution in [1.82, 2.24) is 4.57 Å². The zero-order valence-electron chi connectivity index (χ0n) is 14.1. The van der Waals surface area contributed by atoms with Gasteiger partial charge in [-0.15, -0.1) is 11.3 Å². The van der Waals surface area contributed by atoms with Gasteiger partial charge in [0.2, 0.25) is 0 Å². The van der Waals surface area contributed by atoms with Crippen LogP contribution in [0.4, 0.5) is 10.1 Å². The number of rotatable bonds is 4. The van der Waals surface area contributed by atoms with E-state index >= 15 is 0 Å². The van der Waals surface area contributed by atoms with Gasteiger partial charge in [0.15, 0.2) is 4.80 Å². The van der Waals surface area contributed by atoms with Gasteiger partial charge in [-0.3, -0.25) is 0 Å². The predicted molar refractivity (Wildman–Crippen MR) is 103 cm³/mol. The summed E-state index contributed by atoms with van der Waals surface area (Å²) in [7, 11) is 0. The monoisotopic (exact) mass is 388 g/mol. The van der Waals surface area contributed by atoms with Crippen LogP contribution in [0.25, 0.3) is 11.3 Å². The van der Waals surface area contributed by atoms with Gasteiger partial charge in [0.25, 0.3) is 0 Å². The smallest absolute Gasteiger partial charge is 0.190 e. The Labute approximate surface area is 160 Å². The molecule has 0 N–H and O–H groups in total.